The number of aliphatic hydroxyl groups is 1. The first kappa shape index (κ1) is 20.8. The Morgan fingerprint density at radius 1 is 1.22 bits per heavy atom. The summed E-state index contributed by atoms with van der Waals surface area (Å²) in [6, 6.07) is 0. The number of aldehydes is 1. The SMILES string of the molecule is CC(=O)O[C@H]1CC[C@]2(C=O)[C@H]3CC[C@]4(C)[C@@H](C5=CC(=O)OC5)CC[C@]4(O)[C@@H]3C[C@H]3O[C@]32C1. The van der Waals surface area contributed by atoms with Crippen molar-refractivity contribution in [2.24, 2.45) is 28.6 Å². The lowest BCUT2D eigenvalue weighted by Gasteiger charge is -2.61. The summed E-state index contributed by atoms with van der Waals surface area (Å²) in [6.45, 7) is 3.92. The van der Waals surface area contributed by atoms with Gasteiger partial charge in [-0.05, 0) is 68.3 Å². The van der Waals surface area contributed by atoms with Crippen LogP contribution in [0.1, 0.15) is 65.2 Å². The van der Waals surface area contributed by atoms with E-state index in [9.17, 15) is 19.5 Å². The van der Waals surface area contributed by atoms with Crippen molar-refractivity contribution in [2.75, 3.05) is 6.61 Å². The molecule has 174 valence electrons. The van der Waals surface area contributed by atoms with Crippen LogP contribution in [-0.2, 0) is 28.6 Å². The number of ether oxygens (including phenoxy) is 3. The third-order valence-electron chi connectivity index (χ3n) is 10.5. The number of epoxide rings is 1. The zero-order valence-electron chi connectivity index (χ0n) is 18.8. The molecule has 7 heteroatoms. The second-order valence-electron chi connectivity index (χ2n) is 11.4. The van der Waals surface area contributed by atoms with Crippen molar-refractivity contribution >= 4 is 18.2 Å². The van der Waals surface area contributed by atoms with E-state index in [4.69, 9.17) is 14.2 Å². The summed E-state index contributed by atoms with van der Waals surface area (Å²) in [7, 11) is 0. The number of carbonyl (C=O) groups is 3. The lowest BCUT2D eigenvalue weighted by molar-refractivity contribution is -0.200. The first-order chi connectivity index (χ1) is 15.2. The van der Waals surface area contributed by atoms with Crippen LogP contribution in [0.15, 0.2) is 11.6 Å². The molecule has 0 unspecified atom stereocenters. The van der Waals surface area contributed by atoms with Crippen LogP contribution in [0.4, 0.5) is 0 Å². The first-order valence-electron chi connectivity index (χ1n) is 12.1. The molecule has 4 saturated carbocycles. The summed E-state index contributed by atoms with van der Waals surface area (Å²) in [5, 5.41) is 12.3. The van der Waals surface area contributed by atoms with Crippen molar-refractivity contribution in [1.82, 2.24) is 0 Å². The maximum Gasteiger partial charge on any atom is 0.331 e. The lowest BCUT2D eigenvalue weighted by Crippen LogP contribution is -2.66. The van der Waals surface area contributed by atoms with Crippen LogP contribution >= 0.6 is 0 Å². The molecule has 0 radical (unpaired) electrons. The Kier molecular flexibility index (Phi) is 4.20. The number of hydrogen-bond donors (Lipinski definition) is 1. The summed E-state index contributed by atoms with van der Waals surface area (Å²) in [6.07, 6.45) is 8.23. The second kappa shape index (κ2) is 6.44. The fourth-order valence-electron chi connectivity index (χ4n) is 9.02. The lowest BCUT2D eigenvalue weighted by atomic mass is 9.43. The molecule has 0 bridgehead atoms. The number of fused-ring (bicyclic) bond motifs is 4. The van der Waals surface area contributed by atoms with Crippen molar-refractivity contribution in [3.8, 4) is 0 Å². The topological polar surface area (TPSA) is 102 Å². The standard InChI is InChI=1S/C25H32O7/c1-14(27)31-16-3-7-23(13-26)18-4-6-22(2)17(15-9-21(28)30-12-15)5-8-24(22,29)19(18)10-20-25(23,11-16)32-20/h9,13,16-20,29H,3-8,10-12H2,1-2H3/t16-,17+,18-,19+,20+,22+,23-,24-,25+/m0/s1. The molecule has 7 nitrogen and oxygen atoms in total. The van der Waals surface area contributed by atoms with Crippen LogP contribution < -0.4 is 0 Å². The van der Waals surface area contributed by atoms with E-state index < -0.39 is 16.6 Å². The average molecular weight is 445 g/mol. The van der Waals surface area contributed by atoms with Gasteiger partial charge in [0.25, 0.3) is 0 Å². The number of cyclic esters (lactones) is 1. The largest absolute Gasteiger partial charge is 0.462 e. The molecule has 2 heterocycles. The highest BCUT2D eigenvalue weighted by Gasteiger charge is 2.80. The Balaban J connectivity index is 1.33. The van der Waals surface area contributed by atoms with Gasteiger partial charge in [0.05, 0.1) is 17.1 Å². The fourth-order valence-corrected chi connectivity index (χ4v) is 9.02. The summed E-state index contributed by atoms with van der Waals surface area (Å²) in [5.41, 5.74) is -1.41. The monoisotopic (exact) mass is 444 g/mol. The van der Waals surface area contributed by atoms with Crippen LogP contribution in [0.5, 0.6) is 0 Å². The van der Waals surface area contributed by atoms with Gasteiger partial charge in [0.1, 0.15) is 24.6 Å². The highest BCUT2D eigenvalue weighted by Crippen LogP contribution is 2.75. The molecular formula is C25H32O7. The zero-order chi connectivity index (χ0) is 22.5. The summed E-state index contributed by atoms with van der Waals surface area (Å²) < 4.78 is 17.0. The van der Waals surface area contributed by atoms with Crippen molar-refractivity contribution in [3.63, 3.8) is 0 Å². The minimum absolute atomic E-state index is 0.0130. The molecule has 2 aliphatic heterocycles. The predicted octanol–water partition coefficient (Wildman–Crippen LogP) is 2.49. The van der Waals surface area contributed by atoms with Gasteiger partial charge < -0.3 is 24.1 Å². The molecule has 0 aromatic carbocycles. The van der Waals surface area contributed by atoms with Crippen molar-refractivity contribution in [3.05, 3.63) is 11.6 Å². The van der Waals surface area contributed by atoms with Gasteiger partial charge in [-0.3, -0.25) is 4.79 Å². The van der Waals surface area contributed by atoms with Crippen LogP contribution in [0, 0.1) is 28.6 Å². The number of rotatable bonds is 3. The Hall–Kier alpha value is -1.73. The van der Waals surface area contributed by atoms with Gasteiger partial charge in [-0.1, -0.05) is 6.92 Å². The molecule has 0 aromatic heterocycles. The van der Waals surface area contributed by atoms with E-state index in [-0.39, 0.29) is 47.3 Å². The molecule has 1 saturated heterocycles. The molecule has 32 heavy (non-hydrogen) atoms. The first-order valence-corrected chi connectivity index (χ1v) is 12.1. The number of esters is 2. The molecule has 0 amide bonds. The highest BCUT2D eigenvalue weighted by molar-refractivity contribution is 5.85. The Morgan fingerprint density at radius 2 is 2.03 bits per heavy atom. The maximum atomic E-state index is 12.8. The molecule has 1 N–H and O–H groups in total. The smallest absolute Gasteiger partial charge is 0.331 e. The fraction of sp³-hybridized carbons (Fsp3) is 0.800. The van der Waals surface area contributed by atoms with Gasteiger partial charge in [-0.25, -0.2) is 4.79 Å². The van der Waals surface area contributed by atoms with E-state index in [1.165, 1.54) is 6.92 Å². The van der Waals surface area contributed by atoms with Gasteiger partial charge in [-0.2, -0.15) is 0 Å². The Morgan fingerprint density at radius 3 is 2.72 bits per heavy atom. The van der Waals surface area contributed by atoms with Crippen molar-refractivity contribution in [2.45, 2.75) is 88.6 Å². The van der Waals surface area contributed by atoms with Crippen molar-refractivity contribution in [1.29, 1.82) is 0 Å². The van der Waals surface area contributed by atoms with Gasteiger partial charge in [-0.15, -0.1) is 0 Å². The van der Waals surface area contributed by atoms with Gasteiger partial charge in [0.15, 0.2) is 0 Å². The molecule has 6 rings (SSSR count). The van der Waals surface area contributed by atoms with E-state index in [1.807, 2.05) is 0 Å². The van der Waals surface area contributed by atoms with E-state index in [1.54, 1.807) is 6.08 Å². The minimum Gasteiger partial charge on any atom is -0.462 e. The third-order valence-corrected chi connectivity index (χ3v) is 10.5. The summed E-state index contributed by atoms with van der Waals surface area (Å²) in [4.78, 5) is 36.0. The minimum atomic E-state index is -0.895. The maximum absolute atomic E-state index is 12.8. The third kappa shape index (κ3) is 2.37. The molecule has 6 aliphatic rings. The normalized spacial score (nSPS) is 53.2. The molecular weight excluding hydrogens is 412 g/mol. The molecule has 9 atom stereocenters. The quantitative estimate of drug-likeness (QED) is 0.405. The predicted molar refractivity (Wildman–Crippen MR) is 111 cm³/mol. The highest BCUT2D eigenvalue weighted by atomic mass is 16.6. The zero-order valence-corrected chi connectivity index (χ0v) is 18.8. The molecule has 0 aromatic rings. The van der Waals surface area contributed by atoms with Crippen molar-refractivity contribution < 1.29 is 33.7 Å². The van der Waals surface area contributed by atoms with Gasteiger partial charge in [0, 0.05) is 24.8 Å². The van der Waals surface area contributed by atoms with Crippen LogP contribution in [0.25, 0.3) is 0 Å². The average Bonchev–Trinajstić information content (AvgIpc) is 3.14. The summed E-state index contributed by atoms with van der Waals surface area (Å²) >= 11 is 0. The molecule has 5 fully saturated rings. The van der Waals surface area contributed by atoms with E-state index in [0.717, 1.165) is 37.5 Å². The molecule has 1 spiro atoms. The number of carbonyl (C=O) groups excluding carboxylic acids is 3. The van der Waals surface area contributed by atoms with Crippen LogP contribution in [-0.4, -0.2) is 53.3 Å². The Labute approximate surface area is 187 Å². The molecule has 4 aliphatic carbocycles. The van der Waals surface area contributed by atoms with Crippen LogP contribution in [0.2, 0.25) is 0 Å². The van der Waals surface area contributed by atoms with E-state index in [2.05, 4.69) is 6.92 Å². The summed E-state index contributed by atoms with van der Waals surface area (Å²) in [5.74, 6) is -0.408. The second-order valence-corrected chi connectivity index (χ2v) is 11.4. The van der Waals surface area contributed by atoms with Gasteiger partial charge >= 0.3 is 11.9 Å². The number of hydrogen-bond acceptors (Lipinski definition) is 7. The Bertz CT molecular complexity index is 927. The van der Waals surface area contributed by atoms with Crippen LogP contribution in [0.3, 0.4) is 0 Å². The van der Waals surface area contributed by atoms with Gasteiger partial charge in [0.2, 0.25) is 0 Å². The van der Waals surface area contributed by atoms with E-state index in [0.29, 0.717) is 32.3 Å². The van der Waals surface area contributed by atoms with E-state index >= 15 is 0 Å².